The lowest BCUT2D eigenvalue weighted by molar-refractivity contribution is 0.609. The number of nitrogens with zero attached hydrogens (tertiary/aromatic N) is 3. The molecule has 0 aliphatic heterocycles. The van der Waals surface area contributed by atoms with Gasteiger partial charge < -0.3 is 0 Å². The molecule has 0 aliphatic rings. The van der Waals surface area contributed by atoms with Crippen molar-refractivity contribution < 1.29 is 8.42 Å². The Bertz CT molecular complexity index is 566. The highest BCUT2D eigenvalue weighted by molar-refractivity contribution is 8.13. The van der Waals surface area contributed by atoms with Crippen LogP contribution in [0.4, 0.5) is 0 Å². The van der Waals surface area contributed by atoms with E-state index in [1.165, 1.54) is 12.1 Å². The lowest BCUT2D eigenvalue weighted by atomic mass is 10.2. The van der Waals surface area contributed by atoms with E-state index in [0.29, 0.717) is 11.4 Å². The molecule has 1 N–H and O–H groups in total. The molecule has 0 amide bonds. The van der Waals surface area contributed by atoms with Gasteiger partial charge in [-0.25, -0.2) is 8.42 Å². The van der Waals surface area contributed by atoms with Crippen molar-refractivity contribution in [2.45, 2.75) is 4.90 Å². The van der Waals surface area contributed by atoms with Gasteiger partial charge in [-0.15, -0.1) is 10.2 Å². The summed E-state index contributed by atoms with van der Waals surface area (Å²) in [4.78, 5) is 0.00599. The van der Waals surface area contributed by atoms with E-state index in [0.717, 1.165) is 0 Å². The molecule has 1 heterocycles. The average molecular weight is 245 g/mol. The molecular weight excluding hydrogens is 240 g/mol. The van der Waals surface area contributed by atoms with Crippen molar-refractivity contribution in [3.8, 4) is 11.4 Å². The SMILES string of the molecule is O=S(=O)(Cl)c1cccc(-c2nn[nH]n2)c1. The summed E-state index contributed by atoms with van der Waals surface area (Å²) in [6.07, 6.45) is 0. The van der Waals surface area contributed by atoms with E-state index in [2.05, 4.69) is 20.6 Å². The van der Waals surface area contributed by atoms with Gasteiger partial charge in [-0.2, -0.15) is 5.21 Å². The minimum atomic E-state index is -3.73. The molecule has 1 aromatic heterocycles. The number of H-pyrrole nitrogens is 1. The van der Waals surface area contributed by atoms with Crippen molar-refractivity contribution in [3.63, 3.8) is 0 Å². The molecule has 0 fully saturated rings. The van der Waals surface area contributed by atoms with Gasteiger partial charge in [0, 0.05) is 16.2 Å². The molecule has 1 aromatic carbocycles. The normalized spacial score (nSPS) is 11.5. The number of benzene rings is 1. The maximum Gasteiger partial charge on any atom is 0.261 e. The van der Waals surface area contributed by atoms with Gasteiger partial charge in [0.15, 0.2) is 0 Å². The molecule has 0 saturated heterocycles. The van der Waals surface area contributed by atoms with E-state index >= 15 is 0 Å². The Balaban J connectivity index is 2.53. The van der Waals surface area contributed by atoms with Crippen LogP contribution in [-0.4, -0.2) is 29.0 Å². The largest absolute Gasteiger partial charge is 0.261 e. The van der Waals surface area contributed by atoms with Crippen molar-refractivity contribution in [1.29, 1.82) is 0 Å². The number of aromatic nitrogens is 4. The highest BCUT2D eigenvalue weighted by atomic mass is 35.7. The van der Waals surface area contributed by atoms with Crippen molar-refractivity contribution in [1.82, 2.24) is 20.6 Å². The molecule has 0 aliphatic carbocycles. The fourth-order valence-electron chi connectivity index (χ4n) is 1.07. The van der Waals surface area contributed by atoms with Gasteiger partial charge in [0.05, 0.1) is 4.90 Å². The molecule has 2 aromatic rings. The Labute approximate surface area is 89.7 Å². The molecule has 0 bridgehead atoms. The van der Waals surface area contributed by atoms with E-state index in [1.807, 2.05) is 0 Å². The van der Waals surface area contributed by atoms with Gasteiger partial charge in [0.2, 0.25) is 5.82 Å². The van der Waals surface area contributed by atoms with Crippen LogP contribution in [0.1, 0.15) is 0 Å². The van der Waals surface area contributed by atoms with Crippen molar-refractivity contribution >= 4 is 19.7 Å². The Morgan fingerprint density at radius 3 is 2.73 bits per heavy atom. The number of halogens is 1. The van der Waals surface area contributed by atoms with Crippen LogP contribution in [0.2, 0.25) is 0 Å². The molecule has 0 radical (unpaired) electrons. The smallest absolute Gasteiger partial charge is 0.207 e. The molecule has 15 heavy (non-hydrogen) atoms. The molecule has 0 saturated carbocycles. The van der Waals surface area contributed by atoms with Crippen LogP contribution < -0.4 is 0 Å². The summed E-state index contributed by atoms with van der Waals surface area (Å²) in [6.45, 7) is 0. The Hall–Kier alpha value is -1.47. The van der Waals surface area contributed by atoms with E-state index in [4.69, 9.17) is 10.7 Å². The second-order valence-corrected chi connectivity index (χ2v) is 5.27. The lowest BCUT2D eigenvalue weighted by Gasteiger charge is -1.97. The van der Waals surface area contributed by atoms with Crippen LogP contribution >= 0.6 is 10.7 Å². The lowest BCUT2D eigenvalue weighted by Crippen LogP contribution is -1.91. The van der Waals surface area contributed by atoms with Crippen molar-refractivity contribution in [2.75, 3.05) is 0 Å². The van der Waals surface area contributed by atoms with Crippen LogP contribution in [0, 0.1) is 0 Å². The number of hydrogen-bond acceptors (Lipinski definition) is 5. The molecule has 2 rings (SSSR count). The van der Waals surface area contributed by atoms with Gasteiger partial charge >= 0.3 is 0 Å². The number of rotatable bonds is 2. The molecular formula is C7H5ClN4O2S. The summed E-state index contributed by atoms with van der Waals surface area (Å²) < 4.78 is 22.1. The van der Waals surface area contributed by atoms with Gasteiger partial charge in [0.25, 0.3) is 9.05 Å². The van der Waals surface area contributed by atoms with E-state index in [-0.39, 0.29) is 4.90 Å². The van der Waals surface area contributed by atoms with Crippen molar-refractivity contribution in [2.24, 2.45) is 0 Å². The first-order chi connectivity index (χ1) is 7.07. The highest BCUT2D eigenvalue weighted by Gasteiger charge is 2.11. The van der Waals surface area contributed by atoms with Gasteiger partial charge in [-0.1, -0.05) is 12.1 Å². The molecule has 0 atom stereocenters. The van der Waals surface area contributed by atoms with E-state index in [9.17, 15) is 8.42 Å². The topological polar surface area (TPSA) is 88.6 Å². The number of hydrogen-bond donors (Lipinski definition) is 1. The Morgan fingerprint density at radius 1 is 1.33 bits per heavy atom. The highest BCUT2D eigenvalue weighted by Crippen LogP contribution is 2.20. The van der Waals surface area contributed by atoms with Crippen LogP contribution in [0.3, 0.4) is 0 Å². The first-order valence-corrected chi connectivity index (χ1v) is 6.17. The molecule has 0 spiro atoms. The fraction of sp³-hybridized carbons (Fsp3) is 0. The average Bonchev–Trinajstić information content (AvgIpc) is 2.69. The predicted octanol–water partition coefficient (Wildman–Crippen LogP) is 0.794. The Morgan fingerprint density at radius 2 is 2.13 bits per heavy atom. The zero-order valence-corrected chi connectivity index (χ0v) is 8.83. The maximum absolute atomic E-state index is 11.1. The number of nitrogens with one attached hydrogen (secondary N) is 1. The summed E-state index contributed by atoms with van der Waals surface area (Å²) in [6, 6.07) is 6.00. The van der Waals surface area contributed by atoms with Crippen molar-refractivity contribution in [3.05, 3.63) is 24.3 Å². The second kappa shape index (κ2) is 3.59. The van der Waals surface area contributed by atoms with E-state index in [1.54, 1.807) is 12.1 Å². The van der Waals surface area contributed by atoms with Crippen LogP contribution in [0.25, 0.3) is 11.4 Å². The summed E-state index contributed by atoms with van der Waals surface area (Å²) >= 11 is 0. The molecule has 6 nitrogen and oxygen atoms in total. The van der Waals surface area contributed by atoms with Crippen LogP contribution in [0.5, 0.6) is 0 Å². The van der Waals surface area contributed by atoms with Crippen LogP contribution in [-0.2, 0) is 9.05 Å². The van der Waals surface area contributed by atoms with Gasteiger partial charge in [-0.05, 0) is 17.3 Å². The molecule has 8 heteroatoms. The van der Waals surface area contributed by atoms with Gasteiger partial charge in [0.1, 0.15) is 0 Å². The molecule has 78 valence electrons. The summed E-state index contributed by atoms with van der Waals surface area (Å²) in [5, 5.41) is 13.1. The quantitative estimate of drug-likeness (QED) is 0.789. The third kappa shape index (κ3) is 2.13. The predicted molar refractivity (Wildman–Crippen MR) is 52.7 cm³/mol. The Kier molecular flexibility index (Phi) is 2.41. The monoisotopic (exact) mass is 244 g/mol. The minimum absolute atomic E-state index is 0.00599. The zero-order chi connectivity index (χ0) is 10.9. The third-order valence-corrected chi connectivity index (χ3v) is 3.07. The summed E-state index contributed by atoms with van der Waals surface area (Å²) in [5.74, 6) is 0.317. The summed E-state index contributed by atoms with van der Waals surface area (Å²) in [7, 11) is 1.47. The van der Waals surface area contributed by atoms with E-state index < -0.39 is 9.05 Å². The number of tetrazole rings is 1. The number of aromatic amines is 1. The first-order valence-electron chi connectivity index (χ1n) is 3.86. The maximum atomic E-state index is 11.1. The fourth-order valence-corrected chi connectivity index (χ4v) is 1.87. The third-order valence-electron chi connectivity index (χ3n) is 1.72. The standard InChI is InChI=1S/C7H5ClN4O2S/c8-15(13,14)6-3-1-2-5(4-6)7-9-11-12-10-7/h1-4H,(H,9,10,11,12). The second-order valence-electron chi connectivity index (χ2n) is 2.70. The van der Waals surface area contributed by atoms with Crippen LogP contribution in [0.15, 0.2) is 29.2 Å². The molecule has 0 unspecified atom stereocenters. The first kappa shape index (κ1) is 10.1. The van der Waals surface area contributed by atoms with Gasteiger partial charge in [-0.3, -0.25) is 0 Å². The minimum Gasteiger partial charge on any atom is -0.207 e. The zero-order valence-electron chi connectivity index (χ0n) is 7.25. The summed E-state index contributed by atoms with van der Waals surface area (Å²) in [5.41, 5.74) is 0.533.